The third-order valence-corrected chi connectivity index (χ3v) is 2.10. The molecule has 0 heterocycles. The van der Waals surface area contributed by atoms with Gasteiger partial charge in [0.15, 0.2) is 11.6 Å². The second-order valence-corrected chi connectivity index (χ2v) is 3.14. The fourth-order valence-electron chi connectivity index (χ4n) is 1.21. The molecule has 0 unspecified atom stereocenters. The normalized spacial score (nSPS) is 11.5. The van der Waals surface area contributed by atoms with E-state index in [1.54, 1.807) is 6.92 Å². The highest BCUT2D eigenvalue weighted by Crippen LogP contribution is 2.33. The lowest BCUT2D eigenvalue weighted by Crippen LogP contribution is -2.12. The Hall–Kier alpha value is -1.19. The number of hydrogen-bond acceptors (Lipinski definition) is 1. The van der Waals surface area contributed by atoms with E-state index >= 15 is 0 Å². The maximum atomic E-state index is 13.2. The van der Waals surface area contributed by atoms with Crippen molar-refractivity contribution in [2.75, 3.05) is 6.61 Å². The van der Waals surface area contributed by atoms with Crippen LogP contribution in [0.2, 0.25) is 0 Å². The minimum atomic E-state index is -2.98. The number of ether oxygens (including phenoxy) is 1. The maximum Gasteiger partial charge on any atom is 0.273 e. The second kappa shape index (κ2) is 4.55. The van der Waals surface area contributed by atoms with Gasteiger partial charge in [0.05, 0.1) is 6.61 Å². The topological polar surface area (TPSA) is 9.23 Å². The maximum absolute atomic E-state index is 13.2. The molecular formula is C11H13F3O. The zero-order valence-corrected chi connectivity index (χ0v) is 8.69. The summed E-state index contributed by atoms with van der Waals surface area (Å²) in [5.41, 5.74) is -0.314. The molecule has 0 aliphatic carbocycles. The third kappa shape index (κ3) is 2.64. The molecule has 0 saturated heterocycles. The largest absolute Gasteiger partial charge is 0.491 e. The second-order valence-electron chi connectivity index (χ2n) is 3.14. The molecule has 0 atom stereocenters. The Bertz CT molecular complexity index is 337. The van der Waals surface area contributed by atoms with E-state index in [0.717, 1.165) is 6.07 Å². The number of benzene rings is 1. The van der Waals surface area contributed by atoms with Crippen LogP contribution in [0.25, 0.3) is 0 Å². The molecule has 0 fully saturated rings. The van der Waals surface area contributed by atoms with Crippen LogP contribution in [0.4, 0.5) is 13.2 Å². The van der Waals surface area contributed by atoms with Crippen molar-refractivity contribution in [2.45, 2.75) is 26.2 Å². The average molecular weight is 218 g/mol. The molecule has 0 spiro atoms. The summed E-state index contributed by atoms with van der Waals surface area (Å²) in [5, 5.41) is 0. The van der Waals surface area contributed by atoms with Gasteiger partial charge in [0.1, 0.15) is 0 Å². The SMILES string of the molecule is CCOc1ccc(C(F)(F)CC)cc1F. The van der Waals surface area contributed by atoms with E-state index in [2.05, 4.69) is 0 Å². The number of rotatable bonds is 4. The average Bonchev–Trinajstić information content (AvgIpc) is 2.21. The van der Waals surface area contributed by atoms with Gasteiger partial charge in [-0.15, -0.1) is 0 Å². The number of alkyl halides is 2. The fourth-order valence-corrected chi connectivity index (χ4v) is 1.21. The molecule has 0 radical (unpaired) electrons. The van der Waals surface area contributed by atoms with Gasteiger partial charge in [-0.05, 0) is 25.1 Å². The Morgan fingerprint density at radius 2 is 1.93 bits per heavy atom. The van der Waals surface area contributed by atoms with Crippen LogP contribution in [0.1, 0.15) is 25.8 Å². The van der Waals surface area contributed by atoms with Crippen LogP contribution in [0, 0.1) is 5.82 Å². The van der Waals surface area contributed by atoms with Crippen molar-refractivity contribution in [1.29, 1.82) is 0 Å². The molecule has 1 nitrogen and oxygen atoms in total. The van der Waals surface area contributed by atoms with E-state index in [9.17, 15) is 13.2 Å². The monoisotopic (exact) mass is 218 g/mol. The van der Waals surface area contributed by atoms with Gasteiger partial charge in [-0.2, -0.15) is 0 Å². The Morgan fingerprint density at radius 1 is 1.27 bits per heavy atom. The minimum Gasteiger partial charge on any atom is -0.491 e. The molecule has 0 saturated carbocycles. The van der Waals surface area contributed by atoms with Crippen LogP contribution in [-0.2, 0) is 5.92 Å². The van der Waals surface area contributed by atoms with Crippen LogP contribution in [-0.4, -0.2) is 6.61 Å². The van der Waals surface area contributed by atoms with Gasteiger partial charge in [0.25, 0.3) is 5.92 Å². The zero-order chi connectivity index (χ0) is 11.5. The predicted molar refractivity (Wildman–Crippen MR) is 51.8 cm³/mol. The van der Waals surface area contributed by atoms with E-state index in [1.807, 2.05) is 0 Å². The van der Waals surface area contributed by atoms with Gasteiger partial charge in [0.2, 0.25) is 0 Å². The Morgan fingerprint density at radius 3 is 2.40 bits per heavy atom. The van der Waals surface area contributed by atoms with Crippen LogP contribution in [0.5, 0.6) is 5.75 Å². The molecule has 1 aromatic carbocycles. The van der Waals surface area contributed by atoms with Gasteiger partial charge in [0, 0.05) is 12.0 Å². The molecule has 0 N–H and O–H groups in total. The molecule has 0 bridgehead atoms. The molecule has 1 aromatic rings. The summed E-state index contributed by atoms with van der Waals surface area (Å²) in [6, 6.07) is 3.25. The zero-order valence-electron chi connectivity index (χ0n) is 8.69. The van der Waals surface area contributed by atoms with Gasteiger partial charge >= 0.3 is 0 Å². The first-order valence-electron chi connectivity index (χ1n) is 4.82. The first-order valence-corrected chi connectivity index (χ1v) is 4.82. The lowest BCUT2D eigenvalue weighted by molar-refractivity contribution is -0.00863. The summed E-state index contributed by atoms with van der Waals surface area (Å²) in [4.78, 5) is 0. The van der Waals surface area contributed by atoms with E-state index in [1.165, 1.54) is 19.1 Å². The molecule has 1 rings (SSSR count). The number of halogens is 3. The van der Waals surface area contributed by atoms with Crippen molar-refractivity contribution in [3.05, 3.63) is 29.6 Å². The van der Waals surface area contributed by atoms with Crippen LogP contribution in [0.3, 0.4) is 0 Å². The molecule has 0 aliphatic rings. The Balaban J connectivity index is 3.01. The predicted octanol–water partition coefficient (Wildman–Crippen LogP) is 3.73. The Labute approximate surface area is 86.9 Å². The van der Waals surface area contributed by atoms with Crippen molar-refractivity contribution < 1.29 is 17.9 Å². The molecule has 0 aromatic heterocycles. The van der Waals surface area contributed by atoms with E-state index in [-0.39, 0.29) is 17.7 Å². The molecule has 84 valence electrons. The van der Waals surface area contributed by atoms with Gasteiger partial charge in [-0.25, -0.2) is 13.2 Å². The molecule has 0 aliphatic heterocycles. The first kappa shape index (κ1) is 11.9. The molecule has 4 heteroatoms. The summed E-state index contributed by atoms with van der Waals surface area (Å²) >= 11 is 0. The van der Waals surface area contributed by atoms with Crippen molar-refractivity contribution in [2.24, 2.45) is 0 Å². The highest BCUT2D eigenvalue weighted by molar-refractivity contribution is 5.31. The number of hydrogen-bond donors (Lipinski definition) is 0. The van der Waals surface area contributed by atoms with Crippen molar-refractivity contribution >= 4 is 0 Å². The standard InChI is InChI=1S/C11H13F3O/c1-3-11(13,14)8-5-6-10(15-4-2)9(12)7-8/h5-7H,3-4H2,1-2H3. The summed E-state index contributed by atoms with van der Waals surface area (Å²) < 4.78 is 44.5. The van der Waals surface area contributed by atoms with Crippen molar-refractivity contribution in [1.82, 2.24) is 0 Å². The first-order chi connectivity index (χ1) is 7.01. The summed E-state index contributed by atoms with van der Waals surface area (Å²) in [7, 11) is 0. The lowest BCUT2D eigenvalue weighted by atomic mass is 10.1. The van der Waals surface area contributed by atoms with Crippen LogP contribution < -0.4 is 4.74 Å². The third-order valence-electron chi connectivity index (χ3n) is 2.10. The molecule has 0 amide bonds. The highest BCUT2D eigenvalue weighted by atomic mass is 19.3. The van der Waals surface area contributed by atoms with Gasteiger partial charge < -0.3 is 4.74 Å². The highest BCUT2D eigenvalue weighted by Gasteiger charge is 2.29. The van der Waals surface area contributed by atoms with Crippen LogP contribution >= 0.6 is 0 Å². The van der Waals surface area contributed by atoms with Crippen LogP contribution in [0.15, 0.2) is 18.2 Å². The summed E-state index contributed by atoms with van der Waals surface area (Å²) in [6.45, 7) is 3.36. The lowest BCUT2D eigenvalue weighted by Gasteiger charge is -2.15. The smallest absolute Gasteiger partial charge is 0.273 e. The summed E-state index contributed by atoms with van der Waals surface area (Å²) in [6.07, 6.45) is -0.347. The van der Waals surface area contributed by atoms with E-state index < -0.39 is 11.7 Å². The van der Waals surface area contributed by atoms with Crippen molar-refractivity contribution in [3.8, 4) is 5.75 Å². The molecular weight excluding hydrogens is 205 g/mol. The fraction of sp³-hybridized carbons (Fsp3) is 0.455. The Kier molecular flexibility index (Phi) is 3.61. The van der Waals surface area contributed by atoms with Gasteiger partial charge in [-0.3, -0.25) is 0 Å². The van der Waals surface area contributed by atoms with E-state index in [0.29, 0.717) is 6.61 Å². The summed E-state index contributed by atoms with van der Waals surface area (Å²) in [5.74, 6) is -3.72. The quantitative estimate of drug-likeness (QED) is 0.748. The van der Waals surface area contributed by atoms with Crippen molar-refractivity contribution in [3.63, 3.8) is 0 Å². The van der Waals surface area contributed by atoms with E-state index in [4.69, 9.17) is 4.74 Å². The molecule has 15 heavy (non-hydrogen) atoms. The van der Waals surface area contributed by atoms with Gasteiger partial charge in [-0.1, -0.05) is 6.92 Å². The minimum absolute atomic E-state index is 0.00755.